The Morgan fingerprint density at radius 2 is 1.39 bits per heavy atom. The van der Waals surface area contributed by atoms with E-state index in [-0.39, 0.29) is 6.54 Å². The molecule has 6 atom stereocenters. The second kappa shape index (κ2) is 14.7. The summed E-state index contributed by atoms with van der Waals surface area (Å²) < 4.78 is 30.3. The Morgan fingerprint density at radius 3 is 1.87 bits per heavy atom. The maximum Gasteiger partial charge on any atom is 0.406 e. The molecule has 1 fully saturated rings. The van der Waals surface area contributed by atoms with Gasteiger partial charge in [-0.15, -0.1) is 11.8 Å². The van der Waals surface area contributed by atoms with Crippen LogP contribution in [-0.4, -0.2) is 110 Å². The van der Waals surface area contributed by atoms with Gasteiger partial charge in [0.05, 0.1) is 14.2 Å². The minimum atomic E-state index is -1.54. The molecular weight excluding hydrogens is 532 g/mol. The van der Waals surface area contributed by atoms with Gasteiger partial charge in [0.1, 0.15) is 22.9 Å². The molecular formula is C22H34N2O13S. The summed E-state index contributed by atoms with van der Waals surface area (Å²) in [6, 6.07) is 0. The van der Waals surface area contributed by atoms with Crippen molar-refractivity contribution in [2.45, 2.75) is 69.2 Å². The molecule has 1 heterocycles. The fourth-order valence-corrected chi connectivity index (χ4v) is 4.88. The van der Waals surface area contributed by atoms with Crippen LogP contribution in [-0.2, 0) is 57.2 Å². The van der Waals surface area contributed by atoms with E-state index in [9.17, 15) is 28.8 Å². The Morgan fingerprint density at radius 1 is 0.868 bits per heavy atom. The molecule has 0 aromatic carbocycles. The molecule has 0 spiro atoms. The van der Waals surface area contributed by atoms with Gasteiger partial charge >= 0.3 is 30.0 Å². The Kier molecular flexibility index (Phi) is 12.8. The molecule has 0 bridgehead atoms. The number of carbonyl (C=O) groups excluding carboxylic acids is 6. The number of carbonyl (C=O) groups is 6. The maximum absolute atomic E-state index is 13.3. The molecule has 1 saturated heterocycles. The van der Waals surface area contributed by atoms with Crippen LogP contribution < -0.4 is 5.32 Å². The molecule has 0 aromatic heterocycles. The van der Waals surface area contributed by atoms with Gasteiger partial charge in [-0.2, -0.15) is 0 Å². The number of hydroxylamine groups is 2. The predicted molar refractivity (Wildman–Crippen MR) is 128 cm³/mol. The predicted octanol–water partition coefficient (Wildman–Crippen LogP) is -0.0628. The molecule has 0 radical (unpaired) electrons. The van der Waals surface area contributed by atoms with Gasteiger partial charge in [0.25, 0.3) is 5.91 Å². The highest BCUT2D eigenvalue weighted by Gasteiger charge is 2.55. The van der Waals surface area contributed by atoms with E-state index in [1.165, 1.54) is 21.1 Å². The first-order chi connectivity index (χ1) is 17.6. The van der Waals surface area contributed by atoms with E-state index in [1.807, 2.05) is 0 Å². The van der Waals surface area contributed by atoms with Crippen molar-refractivity contribution in [1.29, 1.82) is 0 Å². The van der Waals surface area contributed by atoms with Gasteiger partial charge in [0.2, 0.25) is 0 Å². The maximum atomic E-state index is 13.3. The quantitative estimate of drug-likeness (QED) is 0.199. The van der Waals surface area contributed by atoms with Crippen LogP contribution in [0.2, 0.25) is 0 Å². The number of thioether (sulfide) groups is 1. The first-order valence-electron chi connectivity index (χ1n) is 11.3. The van der Waals surface area contributed by atoms with Crippen molar-refractivity contribution in [1.82, 2.24) is 10.4 Å². The zero-order valence-electron chi connectivity index (χ0n) is 22.5. The number of alkyl carbamates (subject to hydrolysis) is 1. The number of methoxy groups -OCH3 is 1. The highest BCUT2D eigenvalue weighted by Crippen LogP contribution is 2.40. The molecule has 0 aliphatic carbocycles. The van der Waals surface area contributed by atoms with Gasteiger partial charge in [-0.3, -0.25) is 28.8 Å². The zero-order valence-corrected chi connectivity index (χ0v) is 23.3. The summed E-state index contributed by atoms with van der Waals surface area (Å²) in [5.74, 6) is -3.67. The second-order valence-corrected chi connectivity index (χ2v) is 9.85. The largest absolute Gasteiger partial charge is 0.463 e. The summed E-state index contributed by atoms with van der Waals surface area (Å²) in [6.07, 6.45) is -6.21. The minimum Gasteiger partial charge on any atom is -0.463 e. The summed E-state index contributed by atoms with van der Waals surface area (Å²) in [5.41, 5.74) is -1.27. The third-order valence-corrected chi connectivity index (χ3v) is 6.54. The monoisotopic (exact) mass is 566 g/mol. The molecule has 0 aromatic rings. The van der Waals surface area contributed by atoms with Crippen LogP contribution in [0.15, 0.2) is 0 Å². The van der Waals surface area contributed by atoms with Gasteiger partial charge in [0, 0.05) is 41.3 Å². The van der Waals surface area contributed by atoms with Crippen molar-refractivity contribution in [2.24, 2.45) is 0 Å². The van der Waals surface area contributed by atoms with Crippen LogP contribution in [0.25, 0.3) is 0 Å². The van der Waals surface area contributed by atoms with Crippen molar-refractivity contribution in [3.8, 4) is 0 Å². The lowest BCUT2D eigenvalue weighted by molar-refractivity contribution is -0.237. The van der Waals surface area contributed by atoms with Crippen molar-refractivity contribution < 1.29 is 62.0 Å². The number of rotatable bonds is 11. The van der Waals surface area contributed by atoms with E-state index in [1.54, 1.807) is 0 Å². The third-order valence-electron chi connectivity index (χ3n) is 5.09. The summed E-state index contributed by atoms with van der Waals surface area (Å²) in [7, 11) is 3.74. The van der Waals surface area contributed by atoms with E-state index >= 15 is 0 Å². The molecule has 216 valence electrons. The summed E-state index contributed by atoms with van der Waals surface area (Å²) in [4.78, 5) is 77.5. The molecule has 0 saturated carbocycles. The SMILES string of the molecule is COC(=O)NC[C@](C)(S[C@H]1O[C@H](COC(C)=O)[C@@H](OC(C)=O)[C@H](OC(C)=O)[C@@H]1OC(C)=O)C(=O)N(C)OC. The molecule has 15 nitrogen and oxygen atoms in total. The van der Waals surface area contributed by atoms with Gasteiger partial charge in [-0.1, -0.05) is 0 Å². The number of amides is 2. The Balaban J connectivity index is 3.60. The lowest BCUT2D eigenvalue weighted by Crippen LogP contribution is -2.63. The van der Waals surface area contributed by atoms with Crippen LogP contribution in [0.4, 0.5) is 4.79 Å². The molecule has 1 N–H and O–H groups in total. The molecule has 1 rings (SSSR count). The first-order valence-corrected chi connectivity index (χ1v) is 12.2. The molecule has 38 heavy (non-hydrogen) atoms. The fraction of sp³-hybridized carbons (Fsp3) is 0.727. The van der Waals surface area contributed by atoms with Crippen LogP contribution in [0.1, 0.15) is 34.6 Å². The lowest BCUT2D eigenvalue weighted by Gasteiger charge is -2.46. The van der Waals surface area contributed by atoms with E-state index in [4.69, 9.17) is 28.5 Å². The number of esters is 4. The number of ether oxygens (including phenoxy) is 6. The third kappa shape index (κ3) is 9.64. The first kappa shape index (κ1) is 32.9. The number of hydrogen-bond acceptors (Lipinski definition) is 14. The van der Waals surface area contributed by atoms with Crippen molar-refractivity contribution in [3.05, 3.63) is 0 Å². The summed E-state index contributed by atoms with van der Waals surface area (Å²) in [5, 5.41) is 3.35. The van der Waals surface area contributed by atoms with Crippen molar-refractivity contribution in [3.63, 3.8) is 0 Å². The van der Waals surface area contributed by atoms with Crippen LogP contribution in [0.5, 0.6) is 0 Å². The van der Waals surface area contributed by atoms with Gasteiger partial charge in [-0.25, -0.2) is 9.86 Å². The molecule has 1 aliphatic heterocycles. The molecule has 1 aliphatic rings. The summed E-state index contributed by atoms with van der Waals surface area (Å²) >= 11 is 0.799. The van der Waals surface area contributed by atoms with Crippen molar-refractivity contribution >= 4 is 47.6 Å². The van der Waals surface area contributed by atoms with E-state index in [2.05, 4.69) is 10.1 Å². The van der Waals surface area contributed by atoms with Crippen LogP contribution in [0, 0.1) is 0 Å². The normalized spacial score (nSPS) is 24.2. The van der Waals surface area contributed by atoms with E-state index in [0.717, 1.165) is 51.6 Å². The Bertz CT molecular complexity index is 900. The van der Waals surface area contributed by atoms with E-state index in [0.29, 0.717) is 0 Å². The molecule has 0 unspecified atom stereocenters. The van der Waals surface area contributed by atoms with Gasteiger partial charge in [-0.05, 0) is 6.92 Å². The smallest absolute Gasteiger partial charge is 0.406 e. The van der Waals surface area contributed by atoms with Crippen molar-refractivity contribution in [2.75, 3.05) is 34.4 Å². The van der Waals surface area contributed by atoms with E-state index < -0.39 is 77.1 Å². The Labute approximate surface area is 224 Å². The summed E-state index contributed by atoms with van der Waals surface area (Å²) in [6.45, 7) is 5.16. The average molecular weight is 567 g/mol. The standard InChI is InChI=1S/C22H34N2O13S/c1-11(25)33-9-15-16(34-12(2)26)17(35-13(3)27)18(36-14(4)28)19(37-15)38-22(5,10-23-21(30)31-7)20(29)24(6)32-8/h15-19H,9-10H2,1-8H3,(H,23,30)/t15-,16-,17+,18+,19-,22+/m1/s1. The zero-order chi connectivity index (χ0) is 29.2. The van der Waals surface area contributed by atoms with Gasteiger partial charge < -0.3 is 33.7 Å². The number of nitrogens with zero attached hydrogens (tertiary/aromatic N) is 1. The average Bonchev–Trinajstić information content (AvgIpc) is 2.83. The number of nitrogens with one attached hydrogen (secondary N) is 1. The van der Waals surface area contributed by atoms with Gasteiger partial charge in [0.15, 0.2) is 18.3 Å². The topological polar surface area (TPSA) is 182 Å². The molecule has 2 amide bonds. The highest BCUT2D eigenvalue weighted by atomic mass is 32.2. The number of hydrogen-bond donors (Lipinski definition) is 1. The fourth-order valence-electron chi connectivity index (χ4n) is 3.44. The van der Waals surface area contributed by atoms with Crippen LogP contribution in [0.3, 0.4) is 0 Å². The van der Waals surface area contributed by atoms with Crippen LogP contribution >= 0.6 is 11.8 Å². The Hall–Kier alpha value is -3.11. The highest BCUT2D eigenvalue weighted by molar-refractivity contribution is 8.01. The second-order valence-electron chi connectivity index (χ2n) is 8.25. The molecule has 16 heteroatoms. The minimum absolute atomic E-state index is 0.302. The lowest BCUT2D eigenvalue weighted by atomic mass is 9.99.